The van der Waals surface area contributed by atoms with Gasteiger partial charge in [-0.15, -0.1) is 22.7 Å². The fraction of sp³-hybridized carbons (Fsp3) is 0. The van der Waals surface area contributed by atoms with E-state index in [1.807, 2.05) is 24.3 Å². The zero-order valence-electron chi connectivity index (χ0n) is 23.1. The molecule has 0 amide bonds. The summed E-state index contributed by atoms with van der Waals surface area (Å²) in [6, 6.07) is 45.7. The van der Waals surface area contributed by atoms with E-state index < -0.39 is 0 Å². The largest absolute Gasteiger partial charge is 0.192 e. The molecule has 0 bridgehead atoms. The summed E-state index contributed by atoms with van der Waals surface area (Å²) >= 11 is 3.48. The third kappa shape index (κ3) is 3.91. The van der Waals surface area contributed by atoms with E-state index in [1.165, 1.54) is 30.3 Å². The Hall–Kier alpha value is -5.77. The van der Waals surface area contributed by atoms with Crippen molar-refractivity contribution in [3.63, 3.8) is 0 Å². The summed E-state index contributed by atoms with van der Waals surface area (Å²) in [5.74, 6) is 0. The van der Waals surface area contributed by atoms with Gasteiger partial charge in [-0.1, -0.05) is 66.7 Å². The smallest absolute Gasteiger partial charge is 0.100 e. The molecule has 6 aromatic carbocycles. The number of rotatable bonds is 3. The summed E-state index contributed by atoms with van der Waals surface area (Å²) in [5, 5.41) is 35.7. The second-order valence-corrected chi connectivity index (χ2v) is 12.7. The zero-order chi connectivity index (χ0) is 29.8. The molecule has 0 aliphatic rings. The summed E-state index contributed by atoms with van der Waals surface area (Å²) < 4.78 is 4.72. The number of hydrogen-bond acceptors (Lipinski definition) is 5. The Kier molecular flexibility index (Phi) is 6.00. The monoisotopic (exact) mass is 593 g/mol. The first-order chi connectivity index (χ1) is 21.7. The fourth-order valence-corrected chi connectivity index (χ4v) is 8.55. The van der Waals surface area contributed by atoms with Gasteiger partial charge >= 0.3 is 0 Å². The Morgan fingerprint density at radius 3 is 1.77 bits per heavy atom. The predicted molar refractivity (Wildman–Crippen MR) is 183 cm³/mol. The molecule has 0 unspecified atom stereocenters. The van der Waals surface area contributed by atoms with Crippen LogP contribution in [-0.4, -0.2) is 0 Å². The van der Waals surface area contributed by atoms with Crippen molar-refractivity contribution < 1.29 is 0 Å². The van der Waals surface area contributed by atoms with Crippen LogP contribution < -0.4 is 0 Å². The van der Waals surface area contributed by atoms with E-state index in [-0.39, 0.29) is 0 Å². The number of fused-ring (bicyclic) bond motifs is 6. The van der Waals surface area contributed by atoms with Gasteiger partial charge in [-0.3, -0.25) is 0 Å². The lowest BCUT2D eigenvalue weighted by atomic mass is 9.85. The van der Waals surface area contributed by atoms with Crippen molar-refractivity contribution in [2.45, 2.75) is 0 Å². The highest BCUT2D eigenvalue weighted by atomic mass is 32.1. The van der Waals surface area contributed by atoms with E-state index >= 15 is 0 Å². The molecule has 5 heteroatoms. The van der Waals surface area contributed by atoms with Crippen molar-refractivity contribution in [3.05, 3.63) is 132 Å². The van der Waals surface area contributed by atoms with Gasteiger partial charge < -0.3 is 0 Å². The number of benzene rings is 6. The molecule has 2 heterocycles. The van der Waals surface area contributed by atoms with Crippen LogP contribution in [0.1, 0.15) is 16.7 Å². The van der Waals surface area contributed by atoms with Crippen molar-refractivity contribution in [3.8, 4) is 51.6 Å². The molecule has 0 saturated carbocycles. The molecule has 0 radical (unpaired) electrons. The van der Waals surface area contributed by atoms with E-state index in [9.17, 15) is 15.8 Å². The summed E-state index contributed by atoms with van der Waals surface area (Å²) in [7, 11) is 0. The Morgan fingerprint density at radius 1 is 0.432 bits per heavy atom. The van der Waals surface area contributed by atoms with Gasteiger partial charge in [0.1, 0.15) is 6.07 Å². The normalized spacial score (nSPS) is 11.1. The van der Waals surface area contributed by atoms with Gasteiger partial charge in [0, 0.05) is 62.6 Å². The number of nitrogens with zero attached hydrogens (tertiary/aromatic N) is 3. The van der Waals surface area contributed by atoms with Crippen LogP contribution in [0.4, 0.5) is 0 Å². The molecule has 0 saturated heterocycles. The maximum Gasteiger partial charge on any atom is 0.100 e. The minimum absolute atomic E-state index is 0.364. The van der Waals surface area contributed by atoms with Crippen LogP contribution in [0.3, 0.4) is 0 Å². The van der Waals surface area contributed by atoms with Crippen LogP contribution in [0, 0.1) is 34.0 Å². The first-order valence-corrected chi connectivity index (χ1v) is 15.7. The van der Waals surface area contributed by atoms with Gasteiger partial charge in [0.2, 0.25) is 0 Å². The highest BCUT2D eigenvalue weighted by Crippen LogP contribution is 2.45. The lowest BCUT2D eigenvalue weighted by Gasteiger charge is -2.16. The Morgan fingerprint density at radius 2 is 1.05 bits per heavy atom. The molecular weight excluding hydrogens is 575 g/mol. The Labute approximate surface area is 261 Å². The number of nitriles is 3. The number of thiophene rings is 2. The van der Waals surface area contributed by atoms with E-state index in [0.29, 0.717) is 27.8 Å². The molecule has 0 aliphatic heterocycles. The second-order valence-electron chi connectivity index (χ2n) is 10.6. The summed E-state index contributed by atoms with van der Waals surface area (Å²) in [6.07, 6.45) is 0. The van der Waals surface area contributed by atoms with E-state index in [0.717, 1.165) is 32.3 Å². The zero-order valence-corrected chi connectivity index (χ0v) is 24.8. The van der Waals surface area contributed by atoms with Gasteiger partial charge in [0.05, 0.1) is 28.8 Å². The van der Waals surface area contributed by atoms with Crippen LogP contribution >= 0.6 is 22.7 Å². The number of hydrogen-bond donors (Lipinski definition) is 0. The maximum atomic E-state index is 10.7. The minimum atomic E-state index is 0.364. The molecule has 0 atom stereocenters. The lowest BCUT2D eigenvalue weighted by molar-refractivity contribution is 1.42. The molecule has 0 N–H and O–H groups in total. The van der Waals surface area contributed by atoms with E-state index in [2.05, 4.69) is 91.0 Å². The topological polar surface area (TPSA) is 71.4 Å². The molecule has 202 valence electrons. The van der Waals surface area contributed by atoms with Crippen molar-refractivity contribution in [1.29, 1.82) is 15.8 Å². The molecule has 2 aromatic heterocycles. The van der Waals surface area contributed by atoms with Gasteiger partial charge in [-0.05, 0) is 59.7 Å². The third-order valence-corrected chi connectivity index (χ3v) is 10.6. The van der Waals surface area contributed by atoms with Crippen LogP contribution in [0.2, 0.25) is 0 Å². The average molecular weight is 594 g/mol. The maximum absolute atomic E-state index is 10.7. The van der Waals surface area contributed by atoms with Crippen LogP contribution in [0.15, 0.2) is 115 Å². The molecule has 0 aliphatic carbocycles. The Balaban J connectivity index is 1.49. The first-order valence-electron chi connectivity index (χ1n) is 14.0. The fourth-order valence-electron chi connectivity index (χ4n) is 6.23. The second kappa shape index (κ2) is 10.2. The van der Waals surface area contributed by atoms with E-state index in [4.69, 9.17) is 0 Å². The quantitative estimate of drug-likeness (QED) is 0.205. The first kappa shape index (κ1) is 25.9. The summed E-state index contributed by atoms with van der Waals surface area (Å²) in [5.41, 5.74) is 5.91. The van der Waals surface area contributed by atoms with Crippen molar-refractivity contribution in [1.82, 2.24) is 0 Å². The molecular formula is C39H19N3S2. The molecule has 3 nitrogen and oxygen atoms in total. The van der Waals surface area contributed by atoms with Crippen LogP contribution in [-0.2, 0) is 0 Å². The molecule has 44 heavy (non-hydrogen) atoms. The van der Waals surface area contributed by atoms with Crippen LogP contribution in [0.5, 0.6) is 0 Å². The molecule has 8 rings (SSSR count). The summed E-state index contributed by atoms with van der Waals surface area (Å²) in [4.78, 5) is 0. The van der Waals surface area contributed by atoms with Gasteiger partial charge in [-0.2, -0.15) is 15.8 Å². The highest BCUT2D eigenvalue weighted by Gasteiger charge is 2.22. The van der Waals surface area contributed by atoms with E-state index in [1.54, 1.807) is 40.9 Å². The lowest BCUT2D eigenvalue weighted by Crippen LogP contribution is -1.97. The van der Waals surface area contributed by atoms with Crippen molar-refractivity contribution in [2.75, 3.05) is 0 Å². The van der Waals surface area contributed by atoms with Crippen molar-refractivity contribution >= 4 is 63.0 Å². The minimum Gasteiger partial charge on any atom is -0.192 e. The van der Waals surface area contributed by atoms with Gasteiger partial charge in [-0.25, -0.2) is 0 Å². The summed E-state index contributed by atoms with van der Waals surface area (Å²) in [6.45, 7) is 0. The standard InChI is InChI=1S/C39H19N3S2/c40-20-24-7-5-8-25(21-41)38(24)33-19-26(23-15-16-37-32(17-23)28-10-2-3-13-35(28)43-37)18-31(34(33)22-42)30-12-6-11-29-27-9-1-4-14-36(27)44-39(29)30/h1-19H. The molecule has 0 fully saturated rings. The SMILES string of the molecule is N#Cc1cccc(C#N)c1-c1cc(-c2ccc3sc4ccccc4c3c2)cc(-c2cccc3c2sc2ccccc23)c1C#N. The van der Waals surface area contributed by atoms with Gasteiger partial charge in [0.15, 0.2) is 0 Å². The van der Waals surface area contributed by atoms with Crippen LogP contribution in [0.25, 0.3) is 73.7 Å². The third-order valence-electron chi connectivity index (χ3n) is 8.23. The highest BCUT2D eigenvalue weighted by molar-refractivity contribution is 7.26. The average Bonchev–Trinajstić information content (AvgIpc) is 3.65. The Bertz CT molecular complexity index is 2570. The predicted octanol–water partition coefficient (Wildman–Crippen LogP) is 11.0. The molecule has 8 aromatic rings. The van der Waals surface area contributed by atoms with Crippen molar-refractivity contribution in [2.24, 2.45) is 0 Å². The van der Waals surface area contributed by atoms with Gasteiger partial charge in [0.25, 0.3) is 0 Å². The molecule has 0 spiro atoms.